The number of nitrogens with one attached hydrogen (secondary N) is 3. The molecule has 0 aliphatic carbocycles. The number of benzene rings is 2. The van der Waals surface area contributed by atoms with E-state index < -0.39 is 53.2 Å². The van der Waals surface area contributed by atoms with Crippen LogP contribution in [0.3, 0.4) is 0 Å². The van der Waals surface area contributed by atoms with Crippen LogP contribution in [0.15, 0.2) is 55.7 Å². The lowest BCUT2D eigenvalue weighted by molar-refractivity contribution is 0.415. The van der Waals surface area contributed by atoms with Crippen LogP contribution in [-0.4, -0.2) is 31.2 Å². The summed E-state index contributed by atoms with van der Waals surface area (Å²) in [7, 11) is 1.42. The molecule has 0 unspecified atom stereocenters. The van der Waals surface area contributed by atoms with Crippen LogP contribution in [0.4, 0.5) is 24.8 Å². The first-order valence-corrected chi connectivity index (χ1v) is 10.7. The van der Waals surface area contributed by atoms with Gasteiger partial charge in [0.25, 0.3) is 5.56 Å². The number of anilines is 2. The first-order valence-electron chi connectivity index (χ1n) is 10.3. The topological polar surface area (TPSA) is 144 Å². The second-order valence-corrected chi connectivity index (χ2v) is 8.02. The van der Waals surface area contributed by atoms with Crippen molar-refractivity contribution in [2.24, 2.45) is 0 Å². The summed E-state index contributed by atoms with van der Waals surface area (Å²) in [6.45, 7) is -1.15. The van der Waals surface area contributed by atoms with Crippen molar-refractivity contribution < 1.29 is 17.9 Å². The predicted molar refractivity (Wildman–Crippen MR) is 126 cm³/mol. The Morgan fingerprint density at radius 1 is 1.03 bits per heavy atom. The molecule has 3 N–H and O–H groups in total. The molecule has 0 fully saturated rings. The van der Waals surface area contributed by atoms with Crippen LogP contribution < -0.4 is 32.7 Å². The number of nitrogens with zero attached hydrogens (tertiary/aromatic N) is 3. The lowest BCUT2D eigenvalue weighted by Gasteiger charge is -2.16. The van der Waals surface area contributed by atoms with E-state index in [-0.39, 0.29) is 27.8 Å². The monoisotopic (exact) mass is 536 g/mol. The molecule has 2 heterocycles. The minimum absolute atomic E-state index is 0.128. The summed E-state index contributed by atoms with van der Waals surface area (Å²) in [6.07, 6.45) is 1.02. The molecule has 37 heavy (non-hydrogen) atoms. The summed E-state index contributed by atoms with van der Waals surface area (Å²) < 4.78 is 47.6. The van der Waals surface area contributed by atoms with Crippen LogP contribution >= 0.6 is 11.6 Å². The minimum atomic E-state index is -1.69. The largest absolute Gasteiger partial charge is 0.497 e. The number of methoxy groups -OCH3 is 1. The molecule has 0 amide bonds. The van der Waals surface area contributed by atoms with Gasteiger partial charge in [0, 0.05) is 12.3 Å². The summed E-state index contributed by atoms with van der Waals surface area (Å²) in [5.74, 6) is -4.62. The van der Waals surface area contributed by atoms with Crippen molar-refractivity contribution >= 4 is 23.2 Å². The summed E-state index contributed by atoms with van der Waals surface area (Å²) in [5, 5.41) is 2.85. The second kappa shape index (κ2) is 10.2. The maximum absolute atomic E-state index is 13.8. The Bertz CT molecular complexity index is 1720. The Morgan fingerprint density at radius 2 is 1.73 bits per heavy atom. The molecule has 15 heteroatoms. The zero-order valence-corrected chi connectivity index (χ0v) is 19.5. The van der Waals surface area contributed by atoms with Crippen LogP contribution in [0, 0.1) is 17.5 Å². The van der Waals surface area contributed by atoms with Gasteiger partial charge in [-0.3, -0.25) is 14.3 Å². The molecular formula is C22H16ClF3N6O5. The summed E-state index contributed by atoms with van der Waals surface area (Å²) in [4.78, 5) is 57.5. The maximum Gasteiger partial charge on any atom is 0.355 e. The van der Waals surface area contributed by atoms with Crippen molar-refractivity contribution in [1.82, 2.24) is 24.1 Å². The lowest BCUT2D eigenvalue weighted by atomic mass is 10.2. The van der Waals surface area contributed by atoms with Gasteiger partial charge in [0.15, 0.2) is 17.5 Å². The predicted octanol–water partition coefficient (Wildman–Crippen LogP) is 1.70. The van der Waals surface area contributed by atoms with Crippen molar-refractivity contribution in [3.05, 3.63) is 112 Å². The summed E-state index contributed by atoms with van der Waals surface area (Å²) >= 11 is 6.23. The molecular weight excluding hydrogens is 521 g/mol. The van der Waals surface area contributed by atoms with Gasteiger partial charge in [0.1, 0.15) is 5.75 Å². The van der Waals surface area contributed by atoms with E-state index in [4.69, 9.17) is 16.3 Å². The molecule has 0 aliphatic heterocycles. The van der Waals surface area contributed by atoms with E-state index in [1.807, 2.05) is 4.98 Å². The zero-order valence-electron chi connectivity index (χ0n) is 18.8. The summed E-state index contributed by atoms with van der Waals surface area (Å²) in [6, 6.07) is 5.81. The molecule has 0 bridgehead atoms. The van der Waals surface area contributed by atoms with Gasteiger partial charge in [-0.15, -0.1) is 0 Å². The Balaban J connectivity index is 1.86. The van der Waals surface area contributed by atoms with Gasteiger partial charge in [-0.2, -0.15) is 4.98 Å². The third-order valence-corrected chi connectivity index (χ3v) is 5.49. The first kappa shape index (κ1) is 25.5. The van der Waals surface area contributed by atoms with Crippen LogP contribution in [0.5, 0.6) is 5.75 Å². The van der Waals surface area contributed by atoms with Gasteiger partial charge in [0.05, 0.1) is 36.5 Å². The molecule has 192 valence electrons. The molecule has 2 aromatic heterocycles. The molecule has 0 atom stereocenters. The van der Waals surface area contributed by atoms with Gasteiger partial charge in [0.2, 0.25) is 5.95 Å². The van der Waals surface area contributed by atoms with Crippen molar-refractivity contribution in [2.75, 3.05) is 12.4 Å². The fourth-order valence-corrected chi connectivity index (χ4v) is 3.57. The first-order chi connectivity index (χ1) is 17.6. The van der Waals surface area contributed by atoms with Crippen molar-refractivity contribution in [3.8, 4) is 5.75 Å². The van der Waals surface area contributed by atoms with Gasteiger partial charge in [-0.05, 0) is 29.8 Å². The van der Waals surface area contributed by atoms with E-state index in [9.17, 15) is 32.3 Å². The van der Waals surface area contributed by atoms with Crippen molar-refractivity contribution in [3.63, 3.8) is 0 Å². The SMILES string of the molecule is COc1ccc(Nc2nc(=O)n(Cc3c[nH]c(=O)[nH]c3=O)c(=O)n2Cc2cc(F)c(F)c(F)c2)c(Cl)c1. The molecule has 2 aromatic carbocycles. The highest BCUT2D eigenvalue weighted by Crippen LogP contribution is 2.28. The number of hydrogen-bond donors (Lipinski definition) is 3. The molecule has 11 nitrogen and oxygen atoms in total. The Labute approximate surface area is 208 Å². The number of halogens is 4. The Morgan fingerprint density at radius 3 is 2.35 bits per heavy atom. The number of ether oxygens (including phenoxy) is 1. The van der Waals surface area contributed by atoms with Gasteiger partial charge in [-0.1, -0.05) is 11.6 Å². The third-order valence-electron chi connectivity index (χ3n) is 5.18. The molecule has 0 saturated heterocycles. The molecule has 4 aromatic rings. The molecule has 0 radical (unpaired) electrons. The normalized spacial score (nSPS) is 10.9. The summed E-state index contributed by atoms with van der Waals surface area (Å²) in [5.41, 5.74) is -3.89. The minimum Gasteiger partial charge on any atom is -0.497 e. The van der Waals surface area contributed by atoms with Crippen molar-refractivity contribution in [1.29, 1.82) is 0 Å². The van der Waals surface area contributed by atoms with Crippen LogP contribution in [-0.2, 0) is 13.1 Å². The number of hydrogen-bond acceptors (Lipinski definition) is 7. The number of H-pyrrole nitrogens is 2. The molecule has 0 saturated carbocycles. The van der Waals surface area contributed by atoms with E-state index in [1.54, 1.807) is 0 Å². The smallest absolute Gasteiger partial charge is 0.355 e. The quantitative estimate of drug-likeness (QED) is 0.305. The van der Waals surface area contributed by atoms with Crippen LogP contribution in [0.2, 0.25) is 5.02 Å². The average molecular weight is 537 g/mol. The van der Waals surface area contributed by atoms with E-state index >= 15 is 0 Å². The van der Waals surface area contributed by atoms with Crippen LogP contribution in [0.1, 0.15) is 11.1 Å². The standard InChI is InChI=1S/C22H16ClF3N6O5/c1-37-12-2-3-16(13(23)6-12)28-19-30-21(35)32(9-11-7-27-20(34)29-18(11)33)22(36)31(19)8-10-4-14(24)17(26)15(25)5-10/h2-7H,8-9H2,1H3,(H,28,30,35)(H2,27,29,33,34). The molecule has 4 rings (SSSR count). The van der Waals surface area contributed by atoms with Gasteiger partial charge < -0.3 is 15.0 Å². The van der Waals surface area contributed by atoms with E-state index in [1.165, 1.54) is 25.3 Å². The number of rotatable bonds is 7. The Kier molecular flexibility index (Phi) is 7.02. The fraction of sp³-hybridized carbons (Fsp3) is 0.136. The fourth-order valence-electron chi connectivity index (χ4n) is 3.35. The molecule has 0 aliphatic rings. The third kappa shape index (κ3) is 5.33. The molecule has 0 spiro atoms. The van der Waals surface area contributed by atoms with E-state index in [2.05, 4.69) is 15.3 Å². The van der Waals surface area contributed by atoms with E-state index in [0.29, 0.717) is 22.4 Å². The van der Waals surface area contributed by atoms with E-state index in [0.717, 1.165) is 10.8 Å². The highest BCUT2D eigenvalue weighted by molar-refractivity contribution is 6.33. The number of aromatic nitrogens is 5. The Hall–Kier alpha value is -4.59. The van der Waals surface area contributed by atoms with Gasteiger partial charge >= 0.3 is 17.1 Å². The number of aromatic amines is 2. The second-order valence-electron chi connectivity index (χ2n) is 7.61. The van der Waals surface area contributed by atoms with Crippen molar-refractivity contribution in [2.45, 2.75) is 13.1 Å². The highest BCUT2D eigenvalue weighted by atomic mass is 35.5. The average Bonchev–Trinajstić information content (AvgIpc) is 2.84. The van der Waals surface area contributed by atoms with Crippen LogP contribution in [0.25, 0.3) is 0 Å². The highest BCUT2D eigenvalue weighted by Gasteiger charge is 2.18. The van der Waals surface area contributed by atoms with Gasteiger partial charge in [-0.25, -0.2) is 32.1 Å². The zero-order chi connectivity index (χ0) is 26.9. The maximum atomic E-state index is 13.8. The lowest BCUT2D eigenvalue weighted by Crippen LogP contribution is -2.44.